The normalized spacial score (nSPS) is 19.7. The molecule has 4 saturated carbocycles. The van der Waals surface area contributed by atoms with E-state index in [9.17, 15) is 43.2 Å². The standard InChI is InChI=1S/C59H62N2O15/c1-33(2)52(65)73-36(6)19-21-71-56(69)45-17-15-40(26-47(45)50(63)60-8)49(62)41-16-18-46(57(70)72-22-20-37(7)74-53(66)34(3)4)48(27-41)51(64)61-44-14-10-13-43(25-44)55(68)76-59-30-38-24-39(31-59)29-58(28-38,32-59)75-54(67)42-12-9-11-35(5)23-42/h9-18,23,25-27,36-39H,1,3,19-22,24,28-32H2,2,4-8H3,(H,60,63)(H,61,64). The number of hydrogen-bond acceptors (Lipinski definition) is 15. The lowest BCUT2D eigenvalue weighted by atomic mass is 9.52. The summed E-state index contributed by atoms with van der Waals surface area (Å²) in [5.41, 5.74) is -0.593. The molecular formula is C59H62N2O15. The van der Waals surface area contributed by atoms with Gasteiger partial charge in [-0.1, -0.05) is 49.1 Å². The first-order valence-corrected chi connectivity index (χ1v) is 25.1. The second kappa shape index (κ2) is 23.6. The van der Waals surface area contributed by atoms with Gasteiger partial charge in [0.2, 0.25) is 0 Å². The molecule has 4 bridgehead atoms. The van der Waals surface area contributed by atoms with Crippen LogP contribution in [0.15, 0.2) is 109 Å². The highest BCUT2D eigenvalue weighted by atomic mass is 16.6. The molecule has 4 aromatic carbocycles. The van der Waals surface area contributed by atoms with E-state index in [0.717, 1.165) is 12.0 Å². The SMILES string of the molecule is C=C(C)C(=O)OC(C)CCOC(=O)c1ccc(C(=O)c2ccc(C(=O)OCCC(C)OC(=O)C(=C)C)c(C(=O)Nc3cccc(C(=O)OC45CC6CC(CC(OC(=O)c7cccc(C)c7)(C6)C4)C5)c3)c2)cc1C(=O)NC. The largest absolute Gasteiger partial charge is 0.462 e. The Hall–Kier alpha value is -8.21. The topological polar surface area (TPSA) is 233 Å². The lowest BCUT2D eigenvalue weighted by molar-refractivity contribution is -0.200. The number of aryl methyl sites for hydroxylation is 1. The Bertz CT molecular complexity index is 3010. The first-order valence-electron chi connectivity index (χ1n) is 25.1. The summed E-state index contributed by atoms with van der Waals surface area (Å²) in [6.45, 7) is 14.9. The molecule has 0 radical (unpaired) electrons. The predicted octanol–water partition coefficient (Wildman–Crippen LogP) is 9.05. The van der Waals surface area contributed by atoms with Gasteiger partial charge in [0.15, 0.2) is 5.78 Å². The number of esters is 6. The Morgan fingerprint density at radius 3 is 1.50 bits per heavy atom. The zero-order chi connectivity index (χ0) is 55.1. The molecule has 398 valence electrons. The van der Waals surface area contributed by atoms with Gasteiger partial charge >= 0.3 is 35.8 Å². The minimum atomic E-state index is -0.939. The third-order valence-electron chi connectivity index (χ3n) is 13.7. The summed E-state index contributed by atoms with van der Waals surface area (Å²) in [5, 5.41) is 5.19. The van der Waals surface area contributed by atoms with Gasteiger partial charge in [-0.15, -0.1) is 0 Å². The minimum Gasteiger partial charge on any atom is -0.462 e. The van der Waals surface area contributed by atoms with Gasteiger partial charge in [-0.05, 0) is 133 Å². The average molecular weight is 1040 g/mol. The van der Waals surface area contributed by atoms with E-state index in [1.165, 1.54) is 69.4 Å². The van der Waals surface area contributed by atoms with Crippen molar-refractivity contribution in [2.24, 2.45) is 11.8 Å². The summed E-state index contributed by atoms with van der Waals surface area (Å²) in [6.07, 6.45) is 2.94. The highest BCUT2D eigenvalue weighted by Gasteiger charge is 2.61. The van der Waals surface area contributed by atoms with Crippen molar-refractivity contribution in [3.05, 3.63) is 159 Å². The van der Waals surface area contributed by atoms with Crippen LogP contribution in [0.4, 0.5) is 5.69 Å². The third kappa shape index (κ3) is 13.4. The van der Waals surface area contributed by atoms with Crippen molar-refractivity contribution in [2.45, 2.75) is 109 Å². The van der Waals surface area contributed by atoms with Gasteiger partial charge < -0.3 is 39.1 Å². The lowest BCUT2D eigenvalue weighted by Crippen LogP contribution is -2.61. The predicted molar refractivity (Wildman–Crippen MR) is 277 cm³/mol. The van der Waals surface area contributed by atoms with E-state index in [1.54, 1.807) is 38.1 Å². The third-order valence-corrected chi connectivity index (χ3v) is 13.7. The monoisotopic (exact) mass is 1040 g/mol. The molecule has 0 aromatic heterocycles. The number of anilines is 1. The van der Waals surface area contributed by atoms with Crippen molar-refractivity contribution in [3.63, 3.8) is 0 Å². The van der Waals surface area contributed by atoms with E-state index in [2.05, 4.69) is 23.8 Å². The van der Waals surface area contributed by atoms with E-state index in [1.807, 2.05) is 19.1 Å². The Morgan fingerprint density at radius 2 is 1.04 bits per heavy atom. The molecule has 4 unspecified atom stereocenters. The number of nitrogens with one attached hydrogen (secondary N) is 2. The highest BCUT2D eigenvalue weighted by Crippen LogP contribution is 2.60. The molecule has 2 amide bonds. The Labute approximate surface area is 440 Å². The number of rotatable bonds is 21. The van der Waals surface area contributed by atoms with Crippen molar-refractivity contribution >= 4 is 59.1 Å². The van der Waals surface area contributed by atoms with E-state index in [4.69, 9.17) is 28.4 Å². The summed E-state index contributed by atoms with van der Waals surface area (Å²) in [7, 11) is 1.34. The molecule has 17 nitrogen and oxygen atoms in total. The van der Waals surface area contributed by atoms with Gasteiger partial charge in [-0.2, -0.15) is 0 Å². The quantitative estimate of drug-likeness (QED) is 0.0343. The van der Waals surface area contributed by atoms with Crippen molar-refractivity contribution in [1.29, 1.82) is 0 Å². The van der Waals surface area contributed by atoms with Gasteiger partial charge in [-0.25, -0.2) is 28.8 Å². The van der Waals surface area contributed by atoms with Crippen LogP contribution in [0.1, 0.15) is 163 Å². The molecule has 17 heteroatoms. The number of ether oxygens (including phenoxy) is 6. The second-order valence-electron chi connectivity index (χ2n) is 20.3. The van der Waals surface area contributed by atoms with Crippen molar-refractivity contribution in [1.82, 2.24) is 5.32 Å². The molecule has 0 saturated heterocycles. The Balaban J connectivity index is 1.10. The van der Waals surface area contributed by atoms with Gasteiger partial charge in [0.1, 0.15) is 23.4 Å². The number of amides is 2. The molecule has 4 aliphatic carbocycles. The van der Waals surface area contributed by atoms with Crippen LogP contribution in [-0.4, -0.2) is 97.1 Å². The van der Waals surface area contributed by atoms with Crippen LogP contribution in [0.25, 0.3) is 0 Å². The highest BCUT2D eigenvalue weighted by molar-refractivity contribution is 6.16. The van der Waals surface area contributed by atoms with Crippen LogP contribution < -0.4 is 10.6 Å². The van der Waals surface area contributed by atoms with E-state index >= 15 is 0 Å². The summed E-state index contributed by atoms with van der Waals surface area (Å²) >= 11 is 0. The van der Waals surface area contributed by atoms with Gasteiger partial charge in [0, 0.05) is 54.3 Å². The van der Waals surface area contributed by atoms with Crippen molar-refractivity contribution in [3.8, 4) is 0 Å². The molecule has 0 aliphatic heterocycles. The molecule has 0 heterocycles. The molecule has 4 aliphatic rings. The van der Waals surface area contributed by atoms with Crippen LogP contribution in [0, 0.1) is 18.8 Å². The van der Waals surface area contributed by atoms with E-state index < -0.39 is 76.8 Å². The van der Waals surface area contributed by atoms with Crippen LogP contribution in [0.5, 0.6) is 0 Å². The zero-order valence-corrected chi connectivity index (χ0v) is 43.5. The van der Waals surface area contributed by atoms with Crippen molar-refractivity contribution < 1.29 is 71.6 Å². The smallest absolute Gasteiger partial charge is 0.338 e. The average Bonchev–Trinajstić information content (AvgIpc) is 3.39. The lowest BCUT2D eigenvalue weighted by Gasteiger charge is -2.60. The second-order valence-corrected chi connectivity index (χ2v) is 20.3. The van der Waals surface area contributed by atoms with E-state index in [0.29, 0.717) is 37.7 Å². The minimum absolute atomic E-state index is 0.0592. The molecule has 8 rings (SSSR count). The summed E-state index contributed by atoms with van der Waals surface area (Å²) in [5.74, 6) is -5.94. The molecular weight excluding hydrogens is 977 g/mol. The Kier molecular flexibility index (Phi) is 17.2. The maximum absolute atomic E-state index is 14.4. The van der Waals surface area contributed by atoms with Crippen LogP contribution >= 0.6 is 0 Å². The van der Waals surface area contributed by atoms with Crippen LogP contribution in [-0.2, 0) is 38.0 Å². The van der Waals surface area contributed by atoms with Gasteiger partial charge in [-0.3, -0.25) is 14.4 Å². The summed E-state index contributed by atoms with van der Waals surface area (Å²) in [6, 6.07) is 20.8. The maximum atomic E-state index is 14.4. The first-order chi connectivity index (χ1) is 36.1. The zero-order valence-electron chi connectivity index (χ0n) is 43.5. The van der Waals surface area contributed by atoms with Gasteiger partial charge in [0.25, 0.3) is 11.8 Å². The number of benzene rings is 4. The number of carbonyl (C=O) groups excluding carboxylic acids is 9. The van der Waals surface area contributed by atoms with Crippen molar-refractivity contribution in [2.75, 3.05) is 25.6 Å². The summed E-state index contributed by atoms with van der Waals surface area (Å²) < 4.78 is 34.1. The fourth-order valence-corrected chi connectivity index (χ4v) is 10.4. The van der Waals surface area contributed by atoms with Crippen LogP contribution in [0.2, 0.25) is 0 Å². The number of ketones is 1. The van der Waals surface area contributed by atoms with Crippen LogP contribution in [0.3, 0.4) is 0 Å². The fourth-order valence-electron chi connectivity index (χ4n) is 10.4. The number of carbonyl (C=O) groups is 9. The maximum Gasteiger partial charge on any atom is 0.338 e. The van der Waals surface area contributed by atoms with E-state index in [-0.39, 0.29) is 93.7 Å². The molecule has 2 N–H and O–H groups in total. The van der Waals surface area contributed by atoms with Gasteiger partial charge in [0.05, 0.1) is 46.6 Å². The molecule has 4 fully saturated rings. The first kappa shape index (κ1) is 55.5. The molecule has 0 spiro atoms. The summed E-state index contributed by atoms with van der Waals surface area (Å²) in [4.78, 5) is 120. The fraction of sp³-hybridized carbons (Fsp3) is 0.373. The molecule has 4 aromatic rings. The Morgan fingerprint density at radius 1 is 0.579 bits per heavy atom. The molecule has 4 atom stereocenters. The number of hydrogen-bond donors (Lipinski definition) is 2. The molecule has 76 heavy (non-hydrogen) atoms.